The van der Waals surface area contributed by atoms with Crippen molar-refractivity contribution >= 4 is 11.6 Å². The standard InChI is InChI=1S/C17H20N2O2/c1-21-15-9-7-14(8-10-15)19-17(20)12-11-16(18)13-5-3-2-4-6-13/h2-10,16H,11-12,18H2,1H3,(H,19,20). The van der Waals surface area contributed by atoms with Crippen molar-refractivity contribution in [2.75, 3.05) is 12.4 Å². The van der Waals surface area contributed by atoms with Crippen molar-refractivity contribution < 1.29 is 9.53 Å². The quantitative estimate of drug-likeness (QED) is 0.856. The molecule has 3 N–H and O–H groups in total. The van der Waals surface area contributed by atoms with E-state index in [2.05, 4.69) is 5.32 Å². The Morgan fingerprint density at radius 2 is 1.81 bits per heavy atom. The molecule has 2 aromatic carbocycles. The first-order valence-corrected chi connectivity index (χ1v) is 6.93. The zero-order chi connectivity index (χ0) is 15.1. The molecule has 0 bridgehead atoms. The topological polar surface area (TPSA) is 64.3 Å². The average molecular weight is 284 g/mol. The Labute approximate surface area is 124 Å². The molecule has 110 valence electrons. The Bertz CT molecular complexity index is 567. The van der Waals surface area contributed by atoms with Crippen molar-refractivity contribution in [1.82, 2.24) is 0 Å². The molecular formula is C17H20N2O2. The predicted molar refractivity (Wildman–Crippen MR) is 84.2 cm³/mol. The van der Waals surface area contributed by atoms with Gasteiger partial charge in [0.15, 0.2) is 0 Å². The van der Waals surface area contributed by atoms with Gasteiger partial charge in [0.25, 0.3) is 0 Å². The van der Waals surface area contributed by atoms with Gasteiger partial charge in [-0.05, 0) is 36.2 Å². The monoisotopic (exact) mass is 284 g/mol. The van der Waals surface area contributed by atoms with Crippen LogP contribution in [0.1, 0.15) is 24.4 Å². The van der Waals surface area contributed by atoms with Gasteiger partial charge in [0.05, 0.1) is 7.11 Å². The van der Waals surface area contributed by atoms with Crippen LogP contribution in [0.2, 0.25) is 0 Å². The van der Waals surface area contributed by atoms with Crippen molar-refractivity contribution in [3.63, 3.8) is 0 Å². The van der Waals surface area contributed by atoms with Crippen LogP contribution in [0.25, 0.3) is 0 Å². The van der Waals surface area contributed by atoms with Gasteiger partial charge in [-0.1, -0.05) is 30.3 Å². The fourth-order valence-corrected chi connectivity index (χ4v) is 2.05. The lowest BCUT2D eigenvalue weighted by molar-refractivity contribution is -0.116. The lowest BCUT2D eigenvalue weighted by atomic mass is 10.0. The van der Waals surface area contributed by atoms with Crippen LogP contribution in [0, 0.1) is 0 Å². The molecule has 0 fully saturated rings. The molecule has 4 heteroatoms. The van der Waals surface area contributed by atoms with Crippen LogP contribution in [0.15, 0.2) is 54.6 Å². The molecule has 21 heavy (non-hydrogen) atoms. The Hall–Kier alpha value is -2.33. The van der Waals surface area contributed by atoms with Gasteiger partial charge in [-0.3, -0.25) is 4.79 Å². The summed E-state index contributed by atoms with van der Waals surface area (Å²) in [6.45, 7) is 0. The van der Waals surface area contributed by atoms with E-state index in [1.54, 1.807) is 7.11 Å². The number of rotatable bonds is 6. The molecule has 0 radical (unpaired) electrons. The normalized spacial score (nSPS) is 11.7. The summed E-state index contributed by atoms with van der Waals surface area (Å²) in [6, 6.07) is 16.9. The highest BCUT2D eigenvalue weighted by Gasteiger charge is 2.09. The fourth-order valence-electron chi connectivity index (χ4n) is 2.05. The molecule has 1 unspecified atom stereocenters. The number of methoxy groups -OCH3 is 1. The largest absolute Gasteiger partial charge is 0.497 e. The Morgan fingerprint density at radius 1 is 1.14 bits per heavy atom. The summed E-state index contributed by atoms with van der Waals surface area (Å²) < 4.78 is 5.07. The van der Waals surface area contributed by atoms with Crippen molar-refractivity contribution in [3.05, 3.63) is 60.2 Å². The van der Waals surface area contributed by atoms with E-state index in [0.29, 0.717) is 12.8 Å². The Kier molecular flexibility index (Phi) is 5.35. The van der Waals surface area contributed by atoms with Crippen molar-refractivity contribution in [2.24, 2.45) is 5.73 Å². The van der Waals surface area contributed by atoms with Gasteiger partial charge < -0.3 is 15.8 Å². The van der Waals surface area contributed by atoms with Crippen LogP contribution >= 0.6 is 0 Å². The summed E-state index contributed by atoms with van der Waals surface area (Å²) in [5, 5.41) is 2.85. The Balaban J connectivity index is 1.81. The highest BCUT2D eigenvalue weighted by atomic mass is 16.5. The highest BCUT2D eigenvalue weighted by molar-refractivity contribution is 5.90. The molecule has 0 aliphatic heterocycles. The number of nitrogens with one attached hydrogen (secondary N) is 1. The lowest BCUT2D eigenvalue weighted by Crippen LogP contribution is -2.16. The number of benzene rings is 2. The highest BCUT2D eigenvalue weighted by Crippen LogP contribution is 2.17. The number of anilines is 1. The molecule has 4 nitrogen and oxygen atoms in total. The van der Waals surface area contributed by atoms with Gasteiger partial charge in [0.1, 0.15) is 5.75 Å². The van der Waals surface area contributed by atoms with Crippen molar-refractivity contribution in [3.8, 4) is 5.75 Å². The molecule has 0 aliphatic rings. The number of carbonyl (C=O) groups excluding carboxylic acids is 1. The first-order chi connectivity index (χ1) is 10.2. The van der Waals surface area contributed by atoms with Gasteiger partial charge in [-0.25, -0.2) is 0 Å². The van der Waals surface area contributed by atoms with E-state index >= 15 is 0 Å². The summed E-state index contributed by atoms with van der Waals surface area (Å²) in [6.07, 6.45) is 1.01. The zero-order valence-electron chi connectivity index (χ0n) is 12.1. The maximum Gasteiger partial charge on any atom is 0.224 e. The van der Waals surface area contributed by atoms with Gasteiger partial charge in [-0.15, -0.1) is 0 Å². The third kappa shape index (κ3) is 4.61. The molecule has 0 saturated heterocycles. The first-order valence-electron chi connectivity index (χ1n) is 6.93. The summed E-state index contributed by atoms with van der Waals surface area (Å²) >= 11 is 0. The van der Waals surface area contributed by atoms with E-state index in [9.17, 15) is 4.79 Å². The predicted octanol–water partition coefficient (Wildman–Crippen LogP) is 3.11. The van der Waals surface area contributed by atoms with E-state index in [-0.39, 0.29) is 11.9 Å². The second kappa shape index (κ2) is 7.45. The molecule has 1 amide bonds. The van der Waals surface area contributed by atoms with Crippen LogP contribution in [-0.2, 0) is 4.79 Å². The molecule has 1 atom stereocenters. The molecule has 0 spiro atoms. The van der Waals surface area contributed by atoms with Gasteiger partial charge >= 0.3 is 0 Å². The number of amides is 1. The zero-order valence-corrected chi connectivity index (χ0v) is 12.1. The number of ether oxygens (including phenoxy) is 1. The second-order valence-electron chi connectivity index (χ2n) is 4.83. The maximum atomic E-state index is 11.9. The van der Waals surface area contributed by atoms with Crippen molar-refractivity contribution in [1.29, 1.82) is 0 Å². The summed E-state index contributed by atoms with van der Waals surface area (Å²) in [5.74, 6) is 0.727. The van der Waals surface area contributed by atoms with Crippen LogP contribution in [0.3, 0.4) is 0 Å². The van der Waals surface area contributed by atoms with E-state index in [4.69, 9.17) is 10.5 Å². The third-order valence-corrected chi connectivity index (χ3v) is 3.28. The summed E-state index contributed by atoms with van der Waals surface area (Å²) in [5.41, 5.74) is 7.89. The molecule has 0 aliphatic carbocycles. The van der Waals surface area contributed by atoms with Crippen LogP contribution in [0.5, 0.6) is 5.75 Å². The fraction of sp³-hybridized carbons (Fsp3) is 0.235. The minimum atomic E-state index is -0.118. The van der Waals surface area contributed by atoms with E-state index in [0.717, 1.165) is 17.0 Å². The molecule has 2 rings (SSSR count). The number of hydrogen-bond acceptors (Lipinski definition) is 3. The second-order valence-corrected chi connectivity index (χ2v) is 4.83. The van der Waals surface area contributed by atoms with Crippen LogP contribution in [0.4, 0.5) is 5.69 Å². The summed E-state index contributed by atoms with van der Waals surface area (Å²) in [7, 11) is 1.61. The van der Waals surface area contributed by atoms with Crippen LogP contribution < -0.4 is 15.8 Å². The SMILES string of the molecule is COc1ccc(NC(=O)CCC(N)c2ccccc2)cc1. The number of nitrogens with two attached hydrogens (primary N) is 1. The maximum absolute atomic E-state index is 11.9. The third-order valence-electron chi connectivity index (χ3n) is 3.28. The number of hydrogen-bond donors (Lipinski definition) is 2. The molecule has 0 aromatic heterocycles. The van der Waals surface area contributed by atoms with E-state index in [1.165, 1.54) is 0 Å². The van der Waals surface area contributed by atoms with E-state index < -0.39 is 0 Å². The Morgan fingerprint density at radius 3 is 2.43 bits per heavy atom. The molecule has 0 heterocycles. The smallest absolute Gasteiger partial charge is 0.224 e. The van der Waals surface area contributed by atoms with Gasteiger partial charge in [-0.2, -0.15) is 0 Å². The number of carbonyl (C=O) groups is 1. The average Bonchev–Trinajstić information content (AvgIpc) is 2.54. The molecule has 0 saturated carbocycles. The van der Waals surface area contributed by atoms with Crippen LogP contribution in [-0.4, -0.2) is 13.0 Å². The van der Waals surface area contributed by atoms with Gasteiger partial charge in [0, 0.05) is 18.2 Å². The van der Waals surface area contributed by atoms with Crippen molar-refractivity contribution in [2.45, 2.75) is 18.9 Å². The van der Waals surface area contributed by atoms with Gasteiger partial charge in [0.2, 0.25) is 5.91 Å². The molecule has 2 aromatic rings. The lowest BCUT2D eigenvalue weighted by Gasteiger charge is -2.12. The summed E-state index contributed by atoms with van der Waals surface area (Å²) in [4.78, 5) is 11.9. The minimum Gasteiger partial charge on any atom is -0.497 e. The first kappa shape index (κ1) is 15.1. The minimum absolute atomic E-state index is 0.0356. The molecular weight excluding hydrogens is 264 g/mol. The van der Waals surface area contributed by atoms with E-state index in [1.807, 2.05) is 54.6 Å².